The molecular formula is C16H22N2O6S. The van der Waals surface area contributed by atoms with Crippen molar-refractivity contribution in [1.82, 2.24) is 9.21 Å². The maximum Gasteiger partial charge on any atom is 0.306 e. The van der Waals surface area contributed by atoms with Gasteiger partial charge in [-0.3, -0.25) is 9.59 Å². The van der Waals surface area contributed by atoms with Gasteiger partial charge in [-0.2, -0.15) is 4.31 Å². The molecule has 0 radical (unpaired) electrons. The first kappa shape index (κ1) is 19.2. The van der Waals surface area contributed by atoms with Gasteiger partial charge in [0.15, 0.2) is 0 Å². The lowest BCUT2D eigenvalue weighted by Crippen LogP contribution is -2.50. The van der Waals surface area contributed by atoms with Crippen molar-refractivity contribution in [2.24, 2.45) is 0 Å². The van der Waals surface area contributed by atoms with Gasteiger partial charge in [0, 0.05) is 38.7 Å². The minimum atomic E-state index is -3.63. The van der Waals surface area contributed by atoms with E-state index in [1.54, 1.807) is 17.0 Å². The van der Waals surface area contributed by atoms with Gasteiger partial charge in [0.05, 0.1) is 25.5 Å². The normalized spacial score (nSPS) is 15.7. The van der Waals surface area contributed by atoms with Crippen LogP contribution in [0.25, 0.3) is 0 Å². The van der Waals surface area contributed by atoms with Crippen LogP contribution in [0.1, 0.15) is 12.8 Å². The summed E-state index contributed by atoms with van der Waals surface area (Å²) < 4.78 is 36.3. The second kappa shape index (κ2) is 8.30. The minimum absolute atomic E-state index is 0.0255. The van der Waals surface area contributed by atoms with E-state index in [9.17, 15) is 18.0 Å². The fraction of sp³-hybridized carbons (Fsp3) is 0.500. The zero-order valence-corrected chi connectivity index (χ0v) is 15.1. The van der Waals surface area contributed by atoms with Crippen LogP contribution in [0.2, 0.25) is 0 Å². The number of amides is 1. The van der Waals surface area contributed by atoms with Crippen molar-refractivity contribution in [1.29, 1.82) is 0 Å². The molecule has 1 saturated heterocycles. The van der Waals surface area contributed by atoms with Crippen LogP contribution < -0.4 is 4.74 Å². The standard InChI is InChI=1S/C16H22N2O6S/c1-23-13-4-3-5-14(12-13)25(21,22)18-10-8-17(9-11-18)15(19)6-7-16(20)24-2/h3-5,12H,6-11H2,1-2H3. The first-order chi connectivity index (χ1) is 11.9. The van der Waals surface area contributed by atoms with E-state index >= 15 is 0 Å². The third kappa shape index (κ3) is 4.70. The summed E-state index contributed by atoms with van der Waals surface area (Å²) in [6.45, 7) is 1.01. The van der Waals surface area contributed by atoms with Gasteiger partial charge in [-0.15, -0.1) is 0 Å². The number of hydrogen-bond donors (Lipinski definition) is 0. The van der Waals surface area contributed by atoms with Crippen LogP contribution in [0.3, 0.4) is 0 Å². The number of carbonyl (C=O) groups is 2. The highest BCUT2D eigenvalue weighted by atomic mass is 32.2. The molecule has 0 spiro atoms. The molecule has 1 heterocycles. The summed E-state index contributed by atoms with van der Waals surface area (Å²) >= 11 is 0. The van der Waals surface area contributed by atoms with Gasteiger partial charge in [-0.05, 0) is 12.1 Å². The predicted molar refractivity (Wildman–Crippen MR) is 89.6 cm³/mol. The Labute approximate surface area is 147 Å². The summed E-state index contributed by atoms with van der Waals surface area (Å²) in [7, 11) is -0.883. The van der Waals surface area contributed by atoms with Gasteiger partial charge in [0.1, 0.15) is 5.75 Å². The van der Waals surface area contributed by atoms with E-state index in [4.69, 9.17) is 4.74 Å². The molecule has 1 amide bonds. The molecule has 8 nitrogen and oxygen atoms in total. The highest BCUT2D eigenvalue weighted by molar-refractivity contribution is 7.89. The van der Waals surface area contributed by atoms with Crippen LogP contribution in [0.5, 0.6) is 5.75 Å². The lowest BCUT2D eigenvalue weighted by molar-refractivity contribution is -0.143. The molecular weight excluding hydrogens is 348 g/mol. The number of sulfonamides is 1. The van der Waals surface area contributed by atoms with Crippen molar-refractivity contribution in [3.63, 3.8) is 0 Å². The Morgan fingerprint density at radius 2 is 1.76 bits per heavy atom. The molecule has 0 aromatic heterocycles. The van der Waals surface area contributed by atoms with Crippen LogP contribution in [-0.2, 0) is 24.3 Å². The molecule has 9 heteroatoms. The summed E-state index contributed by atoms with van der Waals surface area (Å²) in [5, 5.41) is 0. The Morgan fingerprint density at radius 3 is 2.36 bits per heavy atom. The second-order valence-corrected chi connectivity index (χ2v) is 7.48. The Hall–Kier alpha value is -2.13. The number of rotatable bonds is 6. The van der Waals surface area contributed by atoms with Crippen LogP contribution >= 0.6 is 0 Å². The zero-order chi connectivity index (χ0) is 18.4. The number of benzene rings is 1. The van der Waals surface area contributed by atoms with Crippen molar-refractivity contribution >= 4 is 21.9 Å². The molecule has 0 aliphatic carbocycles. The third-order valence-corrected chi connectivity index (χ3v) is 5.94. The van der Waals surface area contributed by atoms with Crippen molar-refractivity contribution < 1.29 is 27.5 Å². The lowest BCUT2D eigenvalue weighted by atomic mass is 10.2. The second-order valence-electron chi connectivity index (χ2n) is 5.54. The van der Waals surface area contributed by atoms with Crippen LogP contribution in [-0.4, -0.2) is 69.9 Å². The van der Waals surface area contributed by atoms with Gasteiger partial charge in [0.25, 0.3) is 0 Å². The fourth-order valence-electron chi connectivity index (χ4n) is 2.56. The average molecular weight is 370 g/mol. The Balaban J connectivity index is 1.96. The Morgan fingerprint density at radius 1 is 1.08 bits per heavy atom. The first-order valence-electron chi connectivity index (χ1n) is 7.87. The maximum absolute atomic E-state index is 12.7. The monoisotopic (exact) mass is 370 g/mol. The molecule has 1 aromatic carbocycles. The number of methoxy groups -OCH3 is 2. The smallest absolute Gasteiger partial charge is 0.306 e. The van der Waals surface area contributed by atoms with Crippen molar-refractivity contribution in [3.05, 3.63) is 24.3 Å². The van der Waals surface area contributed by atoms with Gasteiger partial charge in [-0.1, -0.05) is 6.07 Å². The number of esters is 1. The summed E-state index contributed by atoms with van der Waals surface area (Å²) in [5.74, 6) is -0.144. The zero-order valence-electron chi connectivity index (χ0n) is 14.3. The molecule has 0 atom stereocenters. The van der Waals surface area contributed by atoms with Gasteiger partial charge >= 0.3 is 5.97 Å². The van der Waals surface area contributed by atoms with E-state index < -0.39 is 16.0 Å². The fourth-order valence-corrected chi connectivity index (χ4v) is 4.02. The predicted octanol–water partition coefficient (Wildman–Crippen LogP) is 0.481. The molecule has 0 unspecified atom stereocenters. The molecule has 0 bridgehead atoms. The number of hydrogen-bond acceptors (Lipinski definition) is 6. The Bertz CT molecular complexity index is 726. The van der Waals surface area contributed by atoms with Crippen molar-refractivity contribution in [3.8, 4) is 5.75 Å². The van der Waals surface area contributed by atoms with Crippen molar-refractivity contribution in [2.75, 3.05) is 40.4 Å². The highest BCUT2D eigenvalue weighted by Gasteiger charge is 2.30. The van der Waals surface area contributed by atoms with Gasteiger partial charge in [-0.25, -0.2) is 8.42 Å². The molecule has 1 aromatic rings. The van der Waals surface area contributed by atoms with Gasteiger partial charge < -0.3 is 14.4 Å². The number of piperazine rings is 1. The summed E-state index contributed by atoms with van der Waals surface area (Å²) in [5.41, 5.74) is 0. The van der Waals surface area contributed by atoms with Crippen molar-refractivity contribution in [2.45, 2.75) is 17.7 Å². The highest BCUT2D eigenvalue weighted by Crippen LogP contribution is 2.22. The summed E-state index contributed by atoms with van der Waals surface area (Å²) in [4.78, 5) is 24.9. The molecule has 1 aliphatic rings. The first-order valence-corrected chi connectivity index (χ1v) is 9.31. The molecule has 25 heavy (non-hydrogen) atoms. The van der Waals surface area contributed by atoms with Crippen LogP contribution in [0.15, 0.2) is 29.2 Å². The average Bonchev–Trinajstić information content (AvgIpc) is 2.65. The number of nitrogens with zero attached hydrogens (tertiary/aromatic N) is 2. The Kier molecular flexibility index (Phi) is 6.38. The molecule has 0 saturated carbocycles. The lowest BCUT2D eigenvalue weighted by Gasteiger charge is -2.34. The van der Waals surface area contributed by atoms with E-state index in [2.05, 4.69) is 4.74 Å². The van der Waals surface area contributed by atoms with Gasteiger partial charge in [0.2, 0.25) is 15.9 Å². The quantitative estimate of drug-likeness (QED) is 0.676. The SMILES string of the molecule is COC(=O)CCC(=O)N1CCN(S(=O)(=O)c2cccc(OC)c2)CC1. The molecule has 0 N–H and O–H groups in total. The minimum Gasteiger partial charge on any atom is -0.497 e. The molecule has 1 fully saturated rings. The third-order valence-electron chi connectivity index (χ3n) is 4.04. The number of ether oxygens (including phenoxy) is 2. The van der Waals surface area contributed by atoms with E-state index in [0.717, 1.165) is 0 Å². The largest absolute Gasteiger partial charge is 0.497 e. The molecule has 2 rings (SSSR count). The maximum atomic E-state index is 12.7. The van der Waals surface area contributed by atoms with Crippen LogP contribution in [0.4, 0.5) is 0 Å². The van der Waals surface area contributed by atoms with Crippen LogP contribution in [0, 0.1) is 0 Å². The van der Waals surface area contributed by atoms with E-state index in [1.807, 2.05) is 0 Å². The summed E-state index contributed by atoms with van der Waals surface area (Å²) in [6, 6.07) is 6.30. The number of carbonyl (C=O) groups excluding carboxylic acids is 2. The summed E-state index contributed by atoms with van der Waals surface area (Å²) in [6.07, 6.45) is 0.0902. The van der Waals surface area contributed by atoms with E-state index in [1.165, 1.54) is 30.7 Å². The van der Waals surface area contributed by atoms with E-state index in [0.29, 0.717) is 18.8 Å². The topological polar surface area (TPSA) is 93.2 Å². The molecule has 1 aliphatic heterocycles. The molecule has 138 valence electrons. The van der Waals surface area contributed by atoms with E-state index in [-0.39, 0.29) is 36.7 Å².